The molecular formula is C23H20N4O3S. The molecule has 0 bridgehead atoms. The van der Waals surface area contributed by atoms with Crippen LogP contribution in [-0.2, 0) is 4.79 Å². The summed E-state index contributed by atoms with van der Waals surface area (Å²) in [6.07, 6.45) is 2.20. The molecule has 0 aliphatic carbocycles. The minimum atomic E-state index is -0.268. The molecule has 0 spiro atoms. The number of ether oxygens (including phenoxy) is 1. The molecule has 2 aromatic heterocycles. The van der Waals surface area contributed by atoms with Crippen LogP contribution in [-0.4, -0.2) is 39.5 Å². The van der Waals surface area contributed by atoms with Gasteiger partial charge in [0.15, 0.2) is 5.16 Å². The summed E-state index contributed by atoms with van der Waals surface area (Å²) < 4.78 is 10.8. The summed E-state index contributed by atoms with van der Waals surface area (Å²) in [6.45, 7) is 0. The normalized spacial score (nSPS) is 16.0. The third kappa shape index (κ3) is 3.94. The SMILES string of the molecule is COc1ccc(C2=NN(C(=O)CSc3nc4ccccc4[nH]3)[C@H](c3ccco3)C2)cc1. The van der Waals surface area contributed by atoms with E-state index in [1.165, 1.54) is 16.8 Å². The lowest BCUT2D eigenvalue weighted by molar-refractivity contribution is -0.130. The van der Waals surface area contributed by atoms with Crippen molar-refractivity contribution < 1.29 is 13.9 Å². The summed E-state index contributed by atoms with van der Waals surface area (Å²) >= 11 is 1.37. The van der Waals surface area contributed by atoms with Gasteiger partial charge < -0.3 is 14.1 Å². The van der Waals surface area contributed by atoms with E-state index in [2.05, 4.69) is 15.1 Å². The Balaban J connectivity index is 1.36. The predicted molar refractivity (Wildman–Crippen MR) is 119 cm³/mol. The van der Waals surface area contributed by atoms with Crippen LogP contribution >= 0.6 is 11.8 Å². The number of hydrazone groups is 1. The van der Waals surface area contributed by atoms with Gasteiger partial charge in [-0.1, -0.05) is 23.9 Å². The van der Waals surface area contributed by atoms with Crippen molar-refractivity contribution in [1.29, 1.82) is 0 Å². The molecule has 1 aliphatic heterocycles. The summed E-state index contributed by atoms with van der Waals surface area (Å²) in [5, 5.41) is 6.91. The first-order valence-corrected chi connectivity index (χ1v) is 10.8. The van der Waals surface area contributed by atoms with E-state index >= 15 is 0 Å². The van der Waals surface area contributed by atoms with E-state index in [1.807, 2.05) is 60.7 Å². The van der Waals surface area contributed by atoms with Gasteiger partial charge in [-0.25, -0.2) is 9.99 Å². The summed E-state index contributed by atoms with van der Waals surface area (Å²) in [5.41, 5.74) is 3.63. The molecule has 1 aliphatic rings. The van der Waals surface area contributed by atoms with Crippen molar-refractivity contribution >= 4 is 34.4 Å². The van der Waals surface area contributed by atoms with Crippen LogP contribution in [0.15, 0.2) is 81.6 Å². The maximum absolute atomic E-state index is 13.1. The number of imidazole rings is 1. The number of methoxy groups -OCH3 is 1. The van der Waals surface area contributed by atoms with E-state index in [4.69, 9.17) is 9.15 Å². The molecule has 4 aromatic rings. The quantitative estimate of drug-likeness (QED) is 0.449. The molecule has 0 saturated carbocycles. The topological polar surface area (TPSA) is 83.7 Å². The summed E-state index contributed by atoms with van der Waals surface area (Å²) in [5.74, 6) is 1.61. The average molecular weight is 433 g/mol. The summed E-state index contributed by atoms with van der Waals surface area (Å²) in [7, 11) is 1.63. The van der Waals surface area contributed by atoms with Crippen LogP contribution in [0.5, 0.6) is 5.75 Å². The molecular weight excluding hydrogens is 412 g/mol. The lowest BCUT2D eigenvalue weighted by Gasteiger charge is -2.19. The Bertz CT molecular complexity index is 1200. The van der Waals surface area contributed by atoms with Gasteiger partial charge in [-0.15, -0.1) is 0 Å². The average Bonchev–Trinajstić information content (AvgIpc) is 3.56. The van der Waals surface area contributed by atoms with Crippen LogP contribution in [0.4, 0.5) is 0 Å². The Hall–Kier alpha value is -3.52. The fraction of sp³-hybridized carbons (Fsp3) is 0.174. The first kappa shape index (κ1) is 19.4. The number of para-hydroxylation sites is 2. The number of carbonyl (C=O) groups excluding carboxylic acids is 1. The number of hydrogen-bond acceptors (Lipinski definition) is 6. The number of amides is 1. The molecule has 1 amide bonds. The lowest BCUT2D eigenvalue weighted by Crippen LogP contribution is -2.28. The summed E-state index contributed by atoms with van der Waals surface area (Å²) in [4.78, 5) is 20.9. The zero-order valence-corrected chi connectivity index (χ0v) is 17.6. The molecule has 0 fully saturated rings. The minimum absolute atomic E-state index is 0.102. The molecule has 8 heteroatoms. The van der Waals surface area contributed by atoms with Gasteiger partial charge in [0.25, 0.3) is 5.91 Å². The molecule has 7 nitrogen and oxygen atoms in total. The van der Waals surface area contributed by atoms with Crippen molar-refractivity contribution in [2.45, 2.75) is 17.6 Å². The Morgan fingerprint density at radius 1 is 1.19 bits per heavy atom. The van der Waals surface area contributed by atoms with Crippen molar-refractivity contribution in [1.82, 2.24) is 15.0 Å². The van der Waals surface area contributed by atoms with Gasteiger partial charge in [-0.2, -0.15) is 5.10 Å². The second-order valence-corrected chi connectivity index (χ2v) is 8.06. The largest absolute Gasteiger partial charge is 0.497 e. The fourth-order valence-electron chi connectivity index (χ4n) is 3.59. The van der Waals surface area contributed by atoms with Gasteiger partial charge in [0, 0.05) is 6.42 Å². The van der Waals surface area contributed by atoms with Crippen molar-refractivity contribution in [2.24, 2.45) is 5.10 Å². The van der Waals surface area contributed by atoms with Crippen molar-refractivity contribution in [3.05, 3.63) is 78.3 Å². The highest BCUT2D eigenvalue weighted by Gasteiger charge is 2.34. The number of hydrogen-bond donors (Lipinski definition) is 1. The smallest absolute Gasteiger partial charge is 0.253 e. The van der Waals surface area contributed by atoms with Gasteiger partial charge >= 0.3 is 0 Å². The highest BCUT2D eigenvalue weighted by atomic mass is 32.2. The standard InChI is InChI=1S/C23H20N4O3S/c1-29-16-10-8-15(9-11-16)19-13-20(21-7-4-12-30-21)27(26-19)22(28)14-31-23-24-17-5-2-3-6-18(17)25-23/h2-12,20H,13-14H2,1H3,(H,24,25)/t20-/m0/s1. The van der Waals surface area contributed by atoms with Crippen LogP contribution in [0.1, 0.15) is 23.8 Å². The van der Waals surface area contributed by atoms with E-state index in [-0.39, 0.29) is 17.7 Å². The first-order chi connectivity index (χ1) is 15.2. The van der Waals surface area contributed by atoms with E-state index in [0.717, 1.165) is 28.1 Å². The van der Waals surface area contributed by atoms with Gasteiger partial charge in [-0.05, 0) is 54.1 Å². The second-order valence-electron chi connectivity index (χ2n) is 7.10. The number of H-pyrrole nitrogens is 1. The molecule has 1 atom stereocenters. The van der Waals surface area contributed by atoms with Crippen LogP contribution in [0.25, 0.3) is 11.0 Å². The maximum Gasteiger partial charge on any atom is 0.253 e. The summed E-state index contributed by atoms with van der Waals surface area (Å²) in [6, 6.07) is 18.9. The van der Waals surface area contributed by atoms with Gasteiger partial charge in [0.1, 0.15) is 17.6 Å². The highest BCUT2D eigenvalue weighted by Crippen LogP contribution is 2.34. The second kappa shape index (κ2) is 8.31. The van der Waals surface area contributed by atoms with Crippen LogP contribution in [0.3, 0.4) is 0 Å². The van der Waals surface area contributed by atoms with Crippen LogP contribution < -0.4 is 4.74 Å². The molecule has 1 N–H and O–H groups in total. The number of furan rings is 1. The van der Waals surface area contributed by atoms with Gasteiger partial charge in [0.2, 0.25) is 0 Å². The number of thioether (sulfide) groups is 1. The molecule has 2 aromatic carbocycles. The predicted octanol–water partition coefficient (Wildman–Crippen LogP) is 4.63. The fourth-order valence-corrected chi connectivity index (χ4v) is 4.33. The zero-order valence-electron chi connectivity index (χ0n) is 16.8. The van der Waals surface area contributed by atoms with Crippen LogP contribution in [0, 0.1) is 0 Å². The molecule has 3 heterocycles. The maximum atomic E-state index is 13.1. The molecule has 5 rings (SSSR count). The number of rotatable bonds is 6. The molecule has 0 unspecified atom stereocenters. The highest BCUT2D eigenvalue weighted by molar-refractivity contribution is 7.99. The van der Waals surface area contributed by atoms with E-state index in [1.54, 1.807) is 13.4 Å². The number of fused-ring (bicyclic) bond motifs is 1. The van der Waals surface area contributed by atoms with E-state index < -0.39 is 0 Å². The Morgan fingerprint density at radius 3 is 2.77 bits per heavy atom. The zero-order chi connectivity index (χ0) is 21.2. The Kier molecular flexibility index (Phi) is 5.21. The Labute approximate surface area is 183 Å². The number of nitrogens with zero attached hydrogens (tertiary/aromatic N) is 3. The number of benzene rings is 2. The van der Waals surface area contributed by atoms with Crippen LogP contribution in [0.2, 0.25) is 0 Å². The van der Waals surface area contributed by atoms with E-state index in [0.29, 0.717) is 17.3 Å². The number of aromatic amines is 1. The third-order valence-corrected chi connectivity index (χ3v) is 6.02. The lowest BCUT2D eigenvalue weighted by atomic mass is 10.0. The monoisotopic (exact) mass is 432 g/mol. The molecule has 0 radical (unpaired) electrons. The molecule has 31 heavy (non-hydrogen) atoms. The molecule has 156 valence electrons. The first-order valence-electron chi connectivity index (χ1n) is 9.86. The number of aromatic nitrogens is 2. The third-order valence-electron chi connectivity index (χ3n) is 5.16. The van der Waals surface area contributed by atoms with Crippen molar-refractivity contribution in [2.75, 3.05) is 12.9 Å². The molecule has 0 saturated heterocycles. The number of carbonyl (C=O) groups is 1. The Morgan fingerprint density at radius 2 is 2.03 bits per heavy atom. The van der Waals surface area contributed by atoms with Gasteiger partial charge in [0.05, 0.1) is 35.9 Å². The number of nitrogens with one attached hydrogen (secondary N) is 1. The van der Waals surface area contributed by atoms with E-state index in [9.17, 15) is 4.79 Å². The minimum Gasteiger partial charge on any atom is -0.497 e. The van der Waals surface area contributed by atoms with Gasteiger partial charge in [-0.3, -0.25) is 4.79 Å². The van der Waals surface area contributed by atoms with Crippen molar-refractivity contribution in [3.63, 3.8) is 0 Å². The van der Waals surface area contributed by atoms with Crippen molar-refractivity contribution in [3.8, 4) is 5.75 Å².